The number of benzene rings is 1. The third-order valence-electron chi connectivity index (χ3n) is 4.15. The fourth-order valence-electron chi connectivity index (χ4n) is 2.58. The van der Waals surface area contributed by atoms with Crippen molar-refractivity contribution in [2.75, 3.05) is 5.32 Å². The van der Waals surface area contributed by atoms with Crippen LogP contribution in [0.1, 0.15) is 19.0 Å². The molecule has 1 amide bonds. The molecule has 10 heteroatoms. The number of amides is 1. The van der Waals surface area contributed by atoms with Gasteiger partial charge in [-0.25, -0.2) is 4.68 Å². The van der Waals surface area contributed by atoms with Crippen LogP contribution in [0.2, 0.25) is 0 Å². The molecule has 2 atom stereocenters. The molecule has 0 saturated carbocycles. The third-order valence-corrected chi connectivity index (χ3v) is 5.46. The van der Waals surface area contributed by atoms with Gasteiger partial charge in [0.2, 0.25) is 5.91 Å². The Balaban J connectivity index is 2.23. The van der Waals surface area contributed by atoms with Crippen LogP contribution in [-0.2, 0) is 21.4 Å². The lowest BCUT2D eigenvalue weighted by Crippen LogP contribution is -2.40. The summed E-state index contributed by atoms with van der Waals surface area (Å²) in [6.45, 7) is 3.08. The van der Waals surface area contributed by atoms with Crippen molar-refractivity contribution in [3.05, 3.63) is 46.4 Å². The first-order valence-electron chi connectivity index (χ1n) is 8.34. The molecule has 1 heterocycles. The zero-order valence-corrected chi connectivity index (χ0v) is 16.3. The molecule has 0 aliphatic heterocycles. The van der Waals surface area contributed by atoms with Crippen LogP contribution in [-0.4, -0.2) is 37.7 Å². The molecule has 150 valence electrons. The number of aliphatic carboxylic acids is 2. The Labute approximate surface area is 164 Å². The second-order valence-electron chi connectivity index (χ2n) is 6.09. The third kappa shape index (κ3) is 4.63. The highest BCUT2D eigenvalue weighted by Gasteiger charge is 2.24. The van der Waals surface area contributed by atoms with Crippen LogP contribution in [0.3, 0.4) is 0 Å². The van der Waals surface area contributed by atoms with E-state index in [1.165, 1.54) is 11.6 Å². The number of hydrogen-bond acceptors (Lipinski definition) is 7. The quantitative estimate of drug-likeness (QED) is 0.583. The number of thioether (sulfide) groups is 1. The van der Waals surface area contributed by atoms with Gasteiger partial charge in [0, 0.05) is 19.4 Å². The van der Waals surface area contributed by atoms with E-state index in [4.69, 9.17) is 0 Å². The van der Waals surface area contributed by atoms with E-state index < -0.39 is 40.3 Å². The van der Waals surface area contributed by atoms with Crippen molar-refractivity contribution < 1.29 is 24.6 Å². The smallest absolute Gasteiger partial charge is 0.295 e. The topological polar surface area (TPSA) is 136 Å². The standard InChI is InChI=1S/C18H21N3O6S/c1-10-15(17(25)21(20(10)3)12-7-5-4-6-8-12)19-16(24)11(2)28-13(18(26)27)9-14(22)23/h4-8,11,13H,9H2,1-3H3,(H,19,24)(H,22,23)(H,26,27)/p-2/t11-,13+/m0/s1. The molecule has 0 aliphatic carbocycles. The molecule has 0 fully saturated rings. The minimum absolute atomic E-state index is 0.0636. The van der Waals surface area contributed by atoms with Gasteiger partial charge in [0.1, 0.15) is 5.69 Å². The number of carbonyl (C=O) groups is 3. The molecule has 0 radical (unpaired) electrons. The van der Waals surface area contributed by atoms with Crippen LogP contribution in [0.4, 0.5) is 5.69 Å². The van der Waals surface area contributed by atoms with E-state index in [2.05, 4.69) is 5.32 Å². The fourth-order valence-corrected chi connectivity index (χ4v) is 3.60. The van der Waals surface area contributed by atoms with Crippen LogP contribution >= 0.6 is 11.8 Å². The zero-order valence-electron chi connectivity index (χ0n) is 15.5. The Hall–Kier alpha value is -3.01. The second kappa shape index (κ2) is 8.79. The Morgan fingerprint density at radius 2 is 1.79 bits per heavy atom. The molecule has 28 heavy (non-hydrogen) atoms. The summed E-state index contributed by atoms with van der Waals surface area (Å²) in [6, 6.07) is 8.85. The van der Waals surface area contributed by atoms with Gasteiger partial charge in [0.25, 0.3) is 5.56 Å². The lowest BCUT2D eigenvalue weighted by molar-refractivity contribution is -0.314. The number of rotatable bonds is 8. The van der Waals surface area contributed by atoms with E-state index >= 15 is 0 Å². The van der Waals surface area contributed by atoms with Crippen molar-refractivity contribution in [1.29, 1.82) is 0 Å². The van der Waals surface area contributed by atoms with Crippen molar-refractivity contribution in [3.63, 3.8) is 0 Å². The van der Waals surface area contributed by atoms with E-state index in [1.807, 2.05) is 6.07 Å². The highest BCUT2D eigenvalue weighted by atomic mass is 32.2. The van der Waals surface area contributed by atoms with Crippen LogP contribution in [0, 0.1) is 6.92 Å². The van der Waals surface area contributed by atoms with Crippen molar-refractivity contribution >= 4 is 35.3 Å². The van der Waals surface area contributed by atoms with Crippen molar-refractivity contribution in [1.82, 2.24) is 9.36 Å². The molecule has 0 saturated heterocycles. The number of carbonyl (C=O) groups excluding carboxylic acids is 3. The van der Waals surface area contributed by atoms with Gasteiger partial charge in [0.15, 0.2) is 0 Å². The average molecular weight is 405 g/mol. The number of anilines is 1. The number of aromatic nitrogens is 2. The number of carboxylic acid groups (broad SMARTS) is 2. The Morgan fingerprint density at radius 1 is 1.18 bits per heavy atom. The SMILES string of the molecule is Cc1c(NC(=O)[C@H](C)S[C@H](CC(=O)[O-])C(=O)[O-])c(=O)n(-c2ccccc2)n1C. The van der Waals surface area contributed by atoms with Crippen LogP contribution in [0.15, 0.2) is 35.1 Å². The summed E-state index contributed by atoms with van der Waals surface area (Å²) in [5.74, 6) is -3.78. The second-order valence-corrected chi connectivity index (χ2v) is 7.64. The Kier molecular flexibility index (Phi) is 6.68. The van der Waals surface area contributed by atoms with E-state index in [-0.39, 0.29) is 5.69 Å². The molecule has 0 aliphatic rings. The van der Waals surface area contributed by atoms with Gasteiger partial charge in [-0.3, -0.25) is 14.3 Å². The van der Waals surface area contributed by atoms with Crippen molar-refractivity contribution in [3.8, 4) is 5.69 Å². The molecule has 0 bridgehead atoms. The van der Waals surface area contributed by atoms with Gasteiger partial charge < -0.3 is 25.1 Å². The minimum atomic E-state index is -1.60. The van der Waals surface area contributed by atoms with Gasteiger partial charge in [-0.15, -0.1) is 11.8 Å². The summed E-state index contributed by atoms with van der Waals surface area (Å²) in [4.78, 5) is 46.9. The molecule has 2 rings (SSSR count). The monoisotopic (exact) mass is 405 g/mol. The number of para-hydroxylation sites is 1. The van der Waals surface area contributed by atoms with Gasteiger partial charge in [-0.05, 0) is 26.0 Å². The molecule has 9 nitrogen and oxygen atoms in total. The van der Waals surface area contributed by atoms with Gasteiger partial charge in [-0.2, -0.15) is 0 Å². The molecule has 0 spiro atoms. The zero-order chi connectivity index (χ0) is 21.0. The average Bonchev–Trinajstić information content (AvgIpc) is 2.84. The highest BCUT2D eigenvalue weighted by molar-refractivity contribution is 8.01. The summed E-state index contributed by atoms with van der Waals surface area (Å²) < 4.78 is 2.98. The summed E-state index contributed by atoms with van der Waals surface area (Å²) >= 11 is 0.617. The molecule has 1 aromatic carbocycles. The van der Waals surface area contributed by atoms with Crippen molar-refractivity contribution in [2.45, 2.75) is 30.8 Å². The van der Waals surface area contributed by atoms with E-state index in [1.54, 1.807) is 42.9 Å². The number of carboxylic acids is 2. The van der Waals surface area contributed by atoms with Crippen molar-refractivity contribution in [2.24, 2.45) is 7.05 Å². The maximum absolute atomic E-state index is 12.8. The van der Waals surface area contributed by atoms with Gasteiger partial charge in [-0.1, -0.05) is 18.2 Å². The first-order chi connectivity index (χ1) is 13.1. The lowest BCUT2D eigenvalue weighted by atomic mass is 10.3. The number of nitrogens with one attached hydrogen (secondary N) is 1. The molecule has 0 unspecified atom stereocenters. The molecule has 1 N–H and O–H groups in total. The number of hydrogen-bond donors (Lipinski definition) is 1. The van der Waals surface area contributed by atoms with Crippen LogP contribution < -0.4 is 21.1 Å². The normalized spacial score (nSPS) is 13.0. The summed E-state index contributed by atoms with van der Waals surface area (Å²) in [6.07, 6.45) is -0.782. The first-order valence-corrected chi connectivity index (χ1v) is 9.28. The molecular formula is C18H19N3O6S-2. The van der Waals surface area contributed by atoms with E-state index in [0.717, 1.165) is 0 Å². The predicted molar refractivity (Wildman–Crippen MR) is 99.8 cm³/mol. The fraction of sp³-hybridized carbons (Fsp3) is 0.333. The lowest BCUT2D eigenvalue weighted by Gasteiger charge is -2.21. The summed E-state index contributed by atoms with van der Waals surface area (Å²) in [7, 11) is 1.67. The van der Waals surface area contributed by atoms with Gasteiger partial charge in [0.05, 0.1) is 27.9 Å². The maximum atomic E-state index is 12.8. The Morgan fingerprint density at radius 3 is 2.32 bits per heavy atom. The Bertz CT molecular complexity index is 950. The summed E-state index contributed by atoms with van der Waals surface area (Å²) in [5, 5.41) is 21.8. The first kappa shape index (κ1) is 21.3. The van der Waals surface area contributed by atoms with E-state index in [9.17, 15) is 29.4 Å². The molecule has 1 aromatic heterocycles. The summed E-state index contributed by atoms with van der Waals surface area (Å²) in [5.41, 5.74) is 0.745. The molecular weight excluding hydrogens is 386 g/mol. The number of nitrogens with zero attached hydrogens (tertiary/aromatic N) is 2. The van der Waals surface area contributed by atoms with Crippen LogP contribution in [0.25, 0.3) is 5.69 Å². The van der Waals surface area contributed by atoms with Gasteiger partial charge >= 0.3 is 0 Å². The predicted octanol–water partition coefficient (Wildman–Crippen LogP) is -1.20. The largest absolute Gasteiger partial charge is 0.550 e. The maximum Gasteiger partial charge on any atom is 0.295 e. The van der Waals surface area contributed by atoms with Crippen LogP contribution in [0.5, 0.6) is 0 Å². The highest BCUT2D eigenvalue weighted by Crippen LogP contribution is 2.22. The van der Waals surface area contributed by atoms with E-state index in [0.29, 0.717) is 23.1 Å². The molecule has 2 aromatic rings. The minimum Gasteiger partial charge on any atom is -0.550 e.